The molecule has 0 saturated heterocycles. The van der Waals surface area contributed by atoms with E-state index in [9.17, 15) is 0 Å². The van der Waals surface area contributed by atoms with Crippen LogP contribution in [0.1, 0.15) is 113 Å². The van der Waals surface area contributed by atoms with Gasteiger partial charge in [0.2, 0.25) is 0 Å². The summed E-state index contributed by atoms with van der Waals surface area (Å²) in [6.45, 7) is 4.72. The molecule has 1 N–H and O–H groups in total. The number of nitrogens with one attached hydrogen (secondary N) is 1. The molecule has 0 bridgehead atoms. The Kier molecular flexibility index (Phi) is 17.2. The molecule has 3 heteroatoms. The third kappa shape index (κ3) is 14.2. The molecular formula is C39H55NO2. The van der Waals surface area contributed by atoms with E-state index in [1.807, 2.05) is 6.07 Å². The molecule has 0 aliphatic carbocycles. The first-order valence-corrected chi connectivity index (χ1v) is 16.5. The molecule has 1 atom stereocenters. The highest BCUT2D eigenvalue weighted by Crippen LogP contribution is 2.29. The number of methoxy groups -OCH3 is 1. The van der Waals surface area contributed by atoms with Crippen LogP contribution in [0.15, 0.2) is 84.9 Å². The lowest BCUT2D eigenvalue weighted by atomic mass is 9.89. The van der Waals surface area contributed by atoms with E-state index in [0.29, 0.717) is 12.5 Å². The zero-order valence-corrected chi connectivity index (χ0v) is 26.4. The molecule has 0 fully saturated rings. The molecule has 42 heavy (non-hydrogen) atoms. The summed E-state index contributed by atoms with van der Waals surface area (Å²) >= 11 is 0. The molecule has 0 saturated carbocycles. The van der Waals surface area contributed by atoms with Gasteiger partial charge in [-0.1, -0.05) is 125 Å². The van der Waals surface area contributed by atoms with Crippen molar-refractivity contribution in [2.24, 2.45) is 0 Å². The molecule has 0 aliphatic heterocycles. The second kappa shape index (κ2) is 21.6. The second-order valence-corrected chi connectivity index (χ2v) is 11.5. The van der Waals surface area contributed by atoms with Gasteiger partial charge in [0, 0.05) is 25.9 Å². The van der Waals surface area contributed by atoms with E-state index in [1.54, 1.807) is 7.11 Å². The van der Waals surface area contributed by atoms with Gasteiger partial charge in [-0.15, -0.1) is 0 Å². The van der Waals surface area contributed by atoms with Crippen LogP contribution in [0.2, 0.25) is 0 Å². The second-order valence-electron chi connectivity index (χ2n) is 11.5. The number of benzene rings is 3. The van der Waals surface area contributed by atoms with Gasteiger partial charge in [-0.3, -0.25) is 0 Å². The van der Waals surface area contributed by atoms with Gasteiger partial charge in [-0.25, -0.2) is 0 Å². The highest BCUT2D eigenvalue weighted by Gasteiger charge is 2.12. The van der Waals surface area contributed by atoms with E-state index in [0.717, 1.165) is 38.2 Å². The summed E-state index contributed by atoms with van der Waals surface area (Å²) in [6.07, 6.45) is 21.1. The summed E-state index contributed by atoms with van der Waals surface area (Å²) in [5.41, 5.74) is 5.10. The lowest BCUT2D eigenvalue weighted by Gasteiger charge is -2.19. The molecule has 0 aromatic heterocycles. The highest BCUT2D eigenvalue weighted by molar-refractivity contribution is 5.54. The van der Waals surface area contributed by atoms with E-state index in [2.05, 4.69) is 97.2 Å². The maximum absolute atomic E-state index is 6.05. The van der Waals surface area contributed by atoms with Gasteiger partial charge in [-0.2, -0.15) is 0 Å². The van der Waals surface area contributed by atoms with Crippen LogP contribution in [0.3, 0.4) is 0 Å². The standard InChI is InChI=1S/C39H55NO2/c1-3-4-5-6-7-8-9-15-21-36(37-25-29-39(30-26-37)42-33-35-19-12-10-13-20-35)22-17-31-40-38-27-23-34(24-28-38)18-14-11-16-32-41-2/h10,12-14,18-20,23-30,36,40H,3-9,11,15-17,21-22,31-33H2,1-2H3. The van der Waals surface area contributed by atoms with Crippen LogP contribution in [0.25, 0.3) is 6.08 Å². The van der Waals surface area contributed by atoms with Crippen LogP contribution in [-0.2, 0) is 11.3 Å². The van der Waals surface area contributed by atoms with Gasteiger partial charge < -0.3 is 14.8 Å². The topological polar surface area (TPSA) is 30.5 Å². The Labute approximate surface area is 256 Å². The van der Waals surface area contributed by atoms with Crippen LogP contribution in [0.4, 0.5) is 5.69 Å². The highest BCUT2D eigenvalue weighted by atomic mass is 16.5. The minimum Gasteiger partial charge on any atom is -0.489 e. The fourth-order valence-corrected chi connectivity index (χ4v) is 5.44. The fraction of sp³-hybridized carbons (Fsp3) is 0.487. The van der Waals surface area contributed by atoms with Crippen molar-refractivity contribution in [1.29, 1.82) is 0 Å². The van der Waals surface area contributed by atoms with Gasteiger partial charge in [0.1, 0.15) is 12.4 Å². The van der Waals surface area contributed by atoms with Crippen molar-refractivity contribution in [3.05, 3.63) is 102 Å². The van der Waals surface area contributed by atoms with Crippen LogP contribution < -0.4 is 10.1 Å². The van der Waals surface area contributed by atoms with E-state index < -0.39 is 0 Å². The van der Waals surface area contributed by atoms with Crippen molar-refractivity contribution in [3.63, 3.8) is 0 Å². The largest absolute Gasteiger partial charge is 0.489 e. The van der Waals surface area contributed by atoms with Crippen molar-refractivity contribution < 1.29 is 9.47 Å². The Hall–Kier alpha value is -3.04. The first kappa shape index (κ1) is 33.5. The predicted octanol–water partition coefficient (Wildman–Crippen LogP) is 11.2. The van der Waals surface area contributed by atoms with Crippen LogP contribution >= 0.6 is 0 Å². The molecule has 0 aliphatic rings. The van der Waals surface area contributed by atoms with Gasteiger partial charge >= 0.3 is 0 Å². The maximum atomic E-state index is 6.05. The summed E-state index contributed by atoms with van der Waals surface area (Å²) in [5.74, 6) is 1.55. The summed E-state index contributed by atoms with van der Waals surface area (Å²) in [5, 5.41) is 3.64. The van der Waals surface area contributed by atoms with Crippen molar-refractivity contribution >= 4 is 11.8 Å². The minimum absolute atomic E-state index is 0.598. The molecule has 0 radical (unpaired) electrons. The number of hydrogen-bond donors (Lipinski definition) is 1. The number of ether oxygens (including phenoxy) is 2. The zero-order valence-electron chi connectivity index (χ0n) is 26.4. The Morgan fingerprint density at radius 3 is 2.12 bits per heavy atom. The molecular weight excluding hydrogens is 514 g/mol. The van der Waals surface area contributed by atoms with Gasteiger partial charge in [0.15, 0.2) is 0 Å². The van der Waals surface area contributed by atoms with Crippen molar-refractivity contribution in [1.82, 2.24) is 0 Å². The number of rotatable bonds is 23. The molecule has 1 unspecified atom stereocenters. The molecule has 0 heterocycles. The number of allylic oxidation sites excluding steroid dienone is 1. The number of hydrogen-bond acceptors (Lipinski definition) is 3. The lowest BCUT2D eigenvalue weighted by molar-refractivity contribution is 0.196. The number of unbranched alkanes of at least 4 members (excludes halogenated alkanes) is 8. The third-order valence-corrected chi connectivity index (χ3v) is 8.00. The van der Waals surface area contributed by atoms with E-state index >= 15 is 0 Å². The summed E-state index contributed by atoms with van der Waals surface area (Å²) < 4.78 is 11.2. The average molecular weight is 570 g/mol. The summed E-state index contributed by atoms with van der Waals surface area (Å²) in [4.78, 5) is 0. The van der Waals surface area contributed by atoms with Gasteiger partial charge in [0.05, 0.1) is 0 Å². The molecule has 0 spiro atoms. The van der Waals surface area contributed by atoms with Crippen LogP contribution in [0, 0.1) is 0 Å². The zero-order chi connectivity index (χ0) is 29.5. The fourth-order valence-electron chi connectivity index (χ4n) is 5.44. The molecule has 0 amide bonds. The Morgan fingerprint density at radius 2 is 1.40 bits per heavy atom. The van der Waals surface area contributed by atoms with Gasteiger partial charge in [0.25, 0.3) is 0 Å². The normalized spacial score (nSPS) is 12.0. The van der Waals surface area contributed by atoms with E-state index in [1.165, 1.54) is 86.6 Å². The predicted molar refractivity (Wildman–Crippen MR) is 181 cm³/mol. The van der Waals surface area contributed by atoms with Gasteiger partial charge in [-0.05, 0) is 79.0 Å². The Morgan fingerprint density at radius 1 is 0.714 bits per heavy atom. The van der Waals surface area contributed by atoms with E-state index in [-0.39, 0.29) is 0 Å². The minimum atomic E-state index is 0.598. The van der Waals surface area contributed by atoms with Crippen LogP contribution in [-0.4, -0.2) is 20.3 Å². The summed E-state index contributed by atoms with van der Waals surface area (Å²) in [7, 11) is 1.76. The molecule has 3 aromatic carbocycles. The summed E-state index contributed by atoms with van der Waals surface area (Å²) in [6, 6.07) is 28.1. The number of anilines is 1. The van der Waals surface area contributed by atoms with Crippen LogP contribution in [0.5, 0.6) is 5.75 Å². The molecule has 228 valence electrons. The monoisotopic (exact) mass is 569 g/mol. The van der Waals surface area contributed by atoms with Crippen molar-refractivity contribution in [2.75, 3.05) is 25.6 Å². The Balaban J connectivity index is 1.45. The average Bonchev–Trinajstić information content (AvgIpc) is 3.03. The third-order valence-electron chi connectivity index (χ3n) is 8.00. The van der Waals surface area contributed by atoms with Crippen molar-refractivity contribution in [2.45, 2.75) is 103 Å². The molecule has 3 aromatic rings. The smallest absolute Gasteiger partial charge is 0.119 e. The van der Waals surface area contributed by atoms with E-state index in [4.69, 9.17) is 9.47 Å². The quantitative estimate of drug-likeness (QED) is 0.115. The SMILES string of the molecule is CCCCCCCCCCC(CCCNc1ccc(C=CCCCOC)cc1)c1ccc(OCc2ccccc2)cc1. The Bertz CT molecular complexity index is 1080. The molecule has 3 rings (SSSR count). The molecule has 3 nitrogen and oxygen atoms in total. The first-order valence-electron chi connectivity index (χ1n) is 16.5. The maximum Gasteiger partial charge on any atom is 0.119 e. The first-order chi connectivity index (χ1) is 20.8. The lowest BCUT2D eigenvalue weighted by Crippen LogP contribution is -2.06. The van der Waals surface area contributed by atoms with Crippen molar-refractivity contribution in [3.8, 4) is 5.75 Å².